The highest BCUT2D eigenvalue weighted by Gasteiger charge is 2.25. The first kappa shape index (κ1) is 14.8. The first-order valence-corrected chi connectivity index (χ1v) is 8.23. The van der Waals surface area contributed by atoms with Crippen molar-refractivity contribution in [2.45, 2.75) is 89.8 Å². The van der Waals surface area contributed by atoms with Crippen LogP contribution in [0.1, 0.15) is 71.6 Å². The lowest BCUT2D eigenvalue weighted by Gasteiger charge is -2.27. The largest absolute Gasteiger partial charge is 0.352 e. The van der Waals surface area contributed by atoms with Crippen LogP contribution in [0.4, 0.5) is 0 Å². The zero-order valence-electron chi connectivity index (χ0n) is 12.6. The van der Waals surface area contributed by atoms with Gasteiger partial charge in [0.05, 0.1) is 6.04 Å². The van der Waals surface area contributed by atoms with Crippen LogP contribution in [-0.4, -0.2) is 24.0 Å². The van der Waals surface area contributed by atoms with Crippen LogP contribution in [0.25, 0.3) is 0 Å². The molecule has 19 heavy (non-hydrogen) atoms. The van der Waals surface area contributed by atoms with E-state index in [1.165, 1.54) is 44.9 Å². The Balaban J connectivity index is 1.71. The highest BCUT2D eigenvalue weighted by Crippen LogP contribution is 2.27. The average Bonchev–Trinajstić information content (AvgIpc) is 2.93. The zero-order valence-corrected chi connectivity index (χ0v) is 12.6. The lowest BCUT2D eigenvalue weighted by Crippen LogP contribution is -2.50. The Morgan fingerprint density at radius 1 is 0.947 bits per heavy atom. The maximum absolute atomic E-state index is 12.2. The minimum absolute atomic E-state index is 0.0578. The molecule has 0 aliphatic heterocycles. The molecule has 3 nitrogen and oxygen atoms in total. The molecule has 0 bridgehead atoms. The van der Waals surface area contributed by atoms with Gasteiger partial charge in [0.25, 0.3) is 0 Å². The van der Waals surface area contributed by atoms with Gasteiger partial charge < -0.3 is 10.6 Å². The van der Waals surface area contributed by atoms with E-state index >= 15 is 0 Å². The Morgan fingerprint density at radius 3 is 2.16 bits per heavy atom. The van der Waals surface area contributed by atoms with Crippen LogP contribution in [0.5, 0.6) is 0 Å². The van der Waals surface area contributed by atoms with E-state index in [2.05, 4.69) is 17.6 Å². The fraction of sp³-hybridized carbons (Fsp3) is 0.938. The third-order valence-electron chi connectivity index (χ3n) is 4.96. The van der Waals surface area contributed by atoms with Crippen molar-refractivity contribution in [1.82, 2.24) is 10.6 Å². The van der Waals surface area contributed by atoms with E-state index in [0.29, 0.717) is 12.1 Å². The second-order valence-electron chi connectivity index (χ2n) is 6.57. The predicted octanol–water partition coefficient (Wildman–Crippen LogP) is 2.99. The summed E-state index contributed by atoms with van der Waals surface area (Å²) in [5, 5.41) is 6.71. The fourth-order valence-corrected chi connectivity index (χ4v) is 3.64. The molecular formula is C16H30N2O. The van der Waals surface area contributed by atoms with Crippen molar-refractivity contribution in [3.63, 3.8) is 0 Å². The molecule has 0 aromatic carbocycles. The molecule has 2 rings (SSSR count). The Morgan fingerprint density at radius 2 is 1.53 bits per heavy atom. The van der Waals surface area contributed by atoms with Crippen molar-refractivity contribution >= 4 is 5.91 Å². The third-order valence-corrected chi connectivity index (χ3v) is 4.96. The highest BCUT2D eigenvalue weighted by molar-refractivity contribution is 5.81. The number of hydrogen-bond donors (Lipinski definition) is 2. The number of hydrogen-bond acceptors (Lipinski definition) is 2. The number of rotatable bonds is 5. The molecule has 110 valence electrons. The van der Waals surface area contributed by atoms with Crippen LogP contribution in [0.3, 0.4) is 0 Å². The third kappa shape index (κ3) is 4.48. The van der Waals surface area contributed by atoms with Crippen LogP contribution < -0.4 is 10.6 Å². The summed E-state index contributed by atoms with van der Waals surface area (Å²) in [6.45, 7) is 4.24. The molecule has 2 aliphatic carbocycles. The minimum Gasteiger partial charge on any atom is -0.352 e. The summed E-state index contributed by atoms with van der Waals surface area (Å²) in [6, 6.07) is 0.833. The average molecular weight is 266 g/mol. The molecule has 2 N–H and O–H groups in total. The van der Waals surface area contributed by atoms with E-state index in [-0.39, 0.29) is 11.9 Å². The molecule has 2 atom stereocenters. The maximum Gasteiger partial charge on any atom is 0.237 e. The van der Waals surface area contributed by atoms with Crippen LogP contribution in [0.2, 0.25) is 0 Å². The van der Waals surface area contributed by atoms with E-state index in [1.54, 1.807) is 0 Å². The standard InChI is InChI=1S/C16H30N2O/c1-12(14-8-6-7-9-14)17-13(2)16(19)18-15-10-4-3-5-11-15/h12-15,17H,3-11H2,1-2H3,(H,18,19)/t12-,13?/m1/s1. The van der Waals surface area contributed by atoms with Gasteiger partial charge in [0.15, 0.2) is 0 Å². The smallest absolute Gasteiger partial charge is 0.237 e. The van der Waals surface area contributed by atoms with Gasteiger partial charge in [0, 0.05) is 12.1 Å². The predicted molar refractivity (Wildman–Crippen MR) is 79.0 cm³/mol. The second kappa shape index (κ2) is 7.28. The minimum atomic E-state index is -0.0578. The van der Waals surface area contributed by atoms with Crippen LogP contribution in [-0.2, 0) is 4.79 Å². The molecule has 0 heterocycles. The van der Waals surface area contributed by atoms with Gasteiger partial charge in [0.1, 0.15) is 0 Å². The van der Waals surface area contributed by atoms with E-state index in [0.717, 1.165) is 18.8 Å². The van der Waals surface area contributed by atoms with Gasteiger partial charge in [0.2, 0.25) is 5.91 Å². The van der Waals surface area contributed by atoms with Gasteiger partial charge in [-0.25, -0.2) is 0 Å². The van der Waals surface area contributed by atoms with Crippen LogP contribution in [0.15, 0.2) is 0 Å². The first-order valence-electron chi connectivity index (χ1n) is 8.23. The van der Waals surface area contributed by atoms with Crippen molar-refractivity contribution in [3.8, 4) is 0 Å². The number of nitrogens with one attached hydrogen (secondary N) is 2. The van der Waals surface area contributed by atoms with E-state index < -0.39 is 0 Å². The van der Waals surface area contributed by atoms with E-state index in [4.69, 9.17) is 0 Å². The normalized spacial score (nSPS) is 25.2. The van der Waals surface area contributed by atoms with Gasteiger partial charge in [-0.1, -0.05) is 32.1 Å². The molecule has 0 aromatic heterocycles. The summed E-state index contributed by atoms with van der Waals surface area (Å²) in [4.78, 5) is 12.2. The summed E-state index contributed by atoms with van der Waals surface area (Å²) in [5.41, 5.74) is 0. The maximum atomic E-state index is 12.2. The van der Waals surface area contributed by atoms with Crippen LogP contribution in [0, 0.1) is 5.92 Å². The molecule has 1 amide bonds. The molecule has 2 saturated carbocycles. The molecule has 0 saturated heterocycles. The van der Waals surface area contributed by atoms with Crippen molar-refractivity contribution in [2.75, 3.05) is 0 Å². The van der Waals surface area contributed by atoms with Gasteiger partial charge in [-0.15, -0.1) is 0 Å². The molecule has 2 aliphatic rings. The van der Waals surface area contributed by atoms with Gasteiger partial charge in [-0.3, -0.25) is 4.79 Å². The fourth-order valence-electron chi connectivity index (χ4n) is 3.64. The Kier molecular flexibility index (Phi) is 5.68. The van der Waals surface area contributed by atoms with Crippen LogP contribution >= 0.6 is 0 Å². The van der Waals surface area contributed by atoms with Crippen molar-refractivity contribution in [1.29, 1.82) is 0 Å². The summed E-state index contributed by atoms with van der Waals surface area (Å²) < 4.78 is 0. The monoisotopic (exact) mass is 266 g/mol. The molecular weight excluding hydrogens is 236 g/mol. The number of carbonyl (C=O) groups excluding carboxylic acids is 1. The lowest BCUT2D eigenvalue weighted by molar-refractivity contribution is -0.123. The summed E-state index contributed by atoms with van der Waals surface area (Å²) in [7, 11) is 0. The molecule has 1 unspecified atom stereocenters. The van der Waals surface area contributed by atoms with E-state index in [9.17, 15) is 4.79 Å². The topological polar surface area (TPSA) is 41.1 Å². The second-order valence-corrected chi connectivity index (χ2v) is 6.57. The van der Waals surface area contributed by atoms with Gasteiger partial charge in [-0.05, 0) is 45.4 Å². The van der Waals surface area contributed by atoms with Gasteiger partial charge >= 0.3 is 0 Å². The summed E-state index contributed by atoms with van der Waals surface area (Å²) in [6.07, 6.45) is 11.6. The van der Waals surface area contributed by atoms with Gasteiger partial charge in [-0.2, -0.15) is 0 Å². The Labute approximate surface area is 117 Å². The Hall–Kier alpha value is -0.570. The molecule has 0 radical (unpaired) electrons. The van der Waals surface area contributed by atoms with Crippen molar-refractivity contribution in [2.24, 2.45) is 5.92 Å². The highest BCUT2D eigenvalue weighted by atomic mass is 16.2. The SMILES string of the molecule is CC(N[C@H](C)C1CCCC1)C(=O)NC1CCCCC1. The molecule has 2 fully saturated rings. The summed E-state index contributed by atoms with van der Waals surface area (Å²) in [5.74, 6) is 0.960. The lowest BCUT2D eigenvalue weighted by atomic mass is 9.95. The first-order chi connectivity index (χ1) is 9.16. The van der Waals surface area contributed by atoms with Crippen molar-refractivity contribution in [3.05, 3.63) is 0 Å². The van der Waals surface area contributed by atoms with E-state index in [1.807, 2.05) is 6.92 Å². The number of carbonyl (C=O) groups is 1. The number of amides is 1. The zero-order chi connectivity index (χ0) is 13.7. The molecule has 3 heteroatoms. The quantitative estimate of drug-likeness (QED) is 0.803. The molecule has 0 aromatic rings. The Bertz CT molecular complexity index is 280. The molecule has 0 spiro atoms. The summed E-state index contributed by atoms with van der Waals surface area (Å²) >= 11 is 0. The van der Waals surface area contributed by atoms with Crippen molar-refractivity contribution < 1.29 is 4.79 Å².